The summed E-state index contributed by atoms with van der Waals surface area (Å²) < 4.78 is 13.7. The molecule has 0 saturated carbocycles. The summed E-state index contributed by atoms with van der Waals surface area (Å²) in [6, 6.07) is 3.00. The van der Waals surface area contributed by atoms with Crippen molar-refractivity contribution in [3.05, 3.63) is 34.7 Å². The highest BCUT2D eigenvalue weighted by Gasteiger charge is 2.27. The maximum Gasteiger partial charge on any atom is 0.404 e. The zero-order valence-corrected chi connectivity index (χ0v) is 13.4. The second-order valence-electron chi connectivity index (χ2n) is 6.04. The Kier molecular flexibility index (Phi) is 4.75. The second kappa shape index (κ2) is 6.39. The van der Waals surface area contributed by atoms with Crippen LogP contribution >= 0.6 is 11.3 Å². The van der Waals surface area contributed by atoms with Crippen molar-refractivity contribution in [3.8, 4) is 11.3 Å². The summed E-state index contributed by atoms with van der Waals surface area (Å²) in [7, 11) is 0. The highest BCUT2D eigenvalue weighted by Crippen LogP contribution is 2.27. The number of hydrogen-bond donors (Lipinski definition) is 2. The summed E-state index contributed by atoms with van der Waals surface area (Å²) in [5.41, 5.74) is 0.626. The Morgan fingerprint density at radius 2 is 2.23 bits per heavy atom. The minimum atomic E-state index is -1.06. The highest BCUT2D eigenvalue weighted by molar-refractivity contribution is 7.09. The lowest BCUT2D eigenvalue weighted by molar-refractivity contribution is 0.174. The number of nitrogens with zero attached hydrogens (tertiary/aromatic N) is 2. The van der Waals surface area contributed by atoms with Crippen LogP contribution in [-0.2, 0) is 6.42 Å². The van der Waals surface area contributed by atoms with Crippen LogP contribution in [0.15, 0.2) is 23.7 Å². The van der Waals surface area contributed by atoms with Crippen LogP contribution in [0.1, 0.15) is 25.8 Å². The predicted octanol–water partition coefficient (Wildman–Crippen LogP) is 3.57. The number of hydrogen-bond acceptors (Lipinski definition) is 4. The van der Waals surface area contributed by atoms with Crippen LogP contribution in [0.3, 0.4) is 0 Å². The van der Waals surface area contributed by atoms with Crippen molar-refractivity contribution >= 4 is 17.4 Å². The first kappa shape index (κ1) is 16.4. The van der Waals surface area contributed by atoms with E-state index in [4.69, 9.17) is 5.11 Å². The molecule has 0 spiro atoms. The molecule has 2 heterocycles. The number of carboxylic acid groups (broad SMARTS) is 1. The van der Waals surface area contributed by atoms with Gasteiger partial charge in [-0.05, 0) is 17.5 Å². The van der Waals surface area contributed by atoms with E-state index in [9.17, 15) is 9.18 Å². The third kappa shape index (κ3) is 4.00. The first-order chi connectivity index (χ1) is 10.3. The molecule has 0 aliphatic rings. The molecule has 0 saturated heterocycles. The lowest BCUT2D eigenvalue weighted by Gasteiger charge is -2.29. The molecule has 1 unspecified atom stereocenters. The molecule has 0 aromatic carbocycles. The van der Waals surface area contributed by atoms with Gasteiger partial charge in [0.05, 0.1) is 16.3 Å². The highest BCUT2D eigenvalue weighted by atomic mass is 32.1. The fourth-order valence-electron chi connectivity index (χ4n) is 2.00. The van der Waals surface area contributed by atoms with Gasteiger partial charge in [0.2, 0.25) is 5.95 Å². The summed E-state index contributed by atoms with van der Waals surface area (Å²) >= 11 is 1.39. The Labute approximate surface area is 132 Å². The van der Waals surface area contributed by atoms with Crippen molar-refractivity contribution in [1.29, 1.82) is 0 Å². The van der Waals surface area contributed by atoms with Gasteiger partial charge in [-0.1, -0.05) is 20.8 Å². The Bertz CT molecular complexity index is 667. The first-order valence-corrected chi connectivity index (χ1v) is 7.70. The van der Waals surface area contributed by atoms with Crippen LogP contribution in [0, 0.1) is 11.4 Å². The molecule has 5 nitrogen and oxygen atoms in total. The number of thiazole rings is 1. The van der Waals surface area contributed by atoms with Gasteiger partial charge in [-0.2, -0.15) is 4.39 Å². The third-order valence-corrected chi connectivity index (χ3v) is 4.18. The molecule has 2 aromatic heterocycles. The smallest absolute Gasteiger partial charge is 0.404 e. The molecule has 0 aliphatic carbocycles. The SMILES string of the molecule is CC(C)(C)C(Cc1nc(-c2cccnc2F)cs1)NC(=O)O. The van der Waals surface area contributed by atoms with Crippen LogP contribution in [0.5, 0.6) is 0 Å². The molecule has 0 fully saturated rings. The van der Waals surface area contributed by atoms with Crippen LogP contribution in [-0.4, -0.2) is 27.2 Å². The molecule has 0 bridgehead atoms. The van der Waals surface area contributed by atoms with Gasteiger partial charge in [-0.15, -0.1) is 11.3 Å². The lowest BCUT2D eigenvalue weighted by Crippen LogP contribution is -2.44. The average Bonchev–Trinajstić information content (AvgIpc) is 2.85. The van der Waals surface area contributed by atoms with Crippen molar-refractivity contribution in [1.82, 2.24) is 15.3 Å². The van der Waals surface area contributed by atoms with Gasteiger partial charge >= 0.3 is 6.09 Å². The molecular formula is C15H18FN3O2S. The van der Waals surface area contributed by atoms with Gasteiger partial charge < -0.3 is 10.4 Å². The van der Waals surface area contributed by atoms with E-state index in [1.807, 2.05) is 20.8 Å². The summed E-state index contributed by atoms with van der Waals surface area (Å²) in [6.45, 7) is 5.88. The minimum Gasteiger partial charge on any atom is -0.465 e. The third-order valence-electron chi connectivity index (χ3n) is 3.31. The van der Waals surface area contributed by atoms with E-state index in [2.05, 4.69) is 15.3 Å². The Balaban J connectivity index is 2.20. The quantitative estimate of drug-likeness (QED) is 0.844. The molecular weight excluding hydrogens is 305 g/mol. The van der Waals surface area contributed by atoms with Crippen molar-refractivity contribution in [2.24, 2.45) is 5.41 Å². The van der Waals surface area contributed by atoms with Gasteiger partial charge in [0.15, 0.2) is 0 Å². The van der Waals surface area contributed by atoms with Gasteiger partial charge in [0.25, 0.3) is 0 Å². The first-order valence-electron chi connectivity index (χ1n) is 6.82. The molecule has 2 N–H and O–H groups in total. The largest absolute Gasteiger partial charge is 0.465 e. The monoisotopic (exact) mass is 323 g/mol. The number of amides is 1. The van der Waals surface area contributed by atoms with Gasteiger partial charge in [-0.25, -0.2) is 14.8 Å². The summed E-state index contributed by atoms with van der Waals surface area (Å²) in [6.07, 6.45) is 0.788. The van der Waals surface area contributed by atoms with Crippen molar-refractivity contribution in [2.75, 3.05) is 0 Å². The van der Waals surface area contributed by atoms with Crippen molar-refractivity contribution in [2.45, 2.75) is 33.2 Å². The van der Waals surface area contributed by atoms with Gasteiger partial charge in [0.1, 0.15) is 0 Å². The van der Waals surface area contributed by atoms with Crippen LogP contribution < -0.4 is 5.32 Å². The normalized spacial score (nSPS) is 12.9. The van der Waals surface area contributed by atoms with E-state index in [-0.39, 0.29) is 11.5 Å². The number of aromatic nitrogens is 2. The van der Waals surface area contributed by atoms with Crippen LogP contribution in [0.25, 0.3) is 11.3 Å². The number of carbonyl (C=O) groups is 1. The van der Waals surface area contributed by atoms with E-state index in [1.165, 1.54) is 17.5 Å². The number of rotatable bonds is 4. The molecule has 2 rings (SSSR count). The summed E-state index contributed by atoms with van der Waals surface area (Å²) in [5.74, 6) is -0.560. The van der Waals surface area contributed by atoms with Crippen LogP contribution in [0.4, 0.5) is 9.18 Å². The number of halogens is 1. The molecule has 7 heteroatoms. The molecule has 0 radical (unpaired) electrons. The fraction of sp³-hybridized carbons (Fsp3) is 0.400. The van der Waals surface area contributed by atoms with E-state index in [0.717, 1.165) is 5.01 Å². The van der Waals surface area contributed by atoms with E-state index in [0.29, 0.717) is 17.7 Å². The maximum absolute atomic E-state index is 13.7. The molecule has 118 valence electrons. The molecule has 1 amide bonds. The topological polar surface area (TPSA) is 75.1 Å². The zero-order valence-electron chi connectivity index (χ0n) is 12.6. The van der Waals surface area contributed by atoms with Gasteiger partial charge in [0, 0.05) is 24.0 Å². The lowest BCUT2D eigenvalue weighted by atomic mass is 9.85. The van der Waals surface area contributed by atoms with E-state index in [1.54, 1.807) is 17.5 Å². The van der Waals surface area contributed by atoms with Crippen molar-refractivity contribution < 1.29 is 14.3 Å². The Morgan fingerprint density at radius 1 is 1.50 bits per heavy atom. The summed E-state index contributed by atoms with van der Waals surface area (Å²) in [5, 5.41) is 14.0. The number of nitrogens with one attached hydrogen (secondary N) is 1. The Morgan fingerprint density at radius 3 is 2.82 bits per heavy atom. The predicted molar refractivity (Wildman–Crippen MR) is 83.4 cm³/mol. The molecule has 1 atom stereocenters. The van der Waals surface area contributed by atoms with Gasteiger partial charge in [-0.3, -0.25) is 0 Å². The van der Waals surface area contributed by atoms with Crippen molar-refractivity contribution in [3.63, 3.8) is 0 Å². The fourth-order valence-corrected chi connectivity index (χ4v) is 2.84. The Hall–Kier alpha value is -2.02. The molecule has 2 aromatic rings. The average molecular weight is 323 g/mol. The minimum absolute atomic E-state index is 0.246. The summed E-state index contributed by atoms with van der Waals surface area (Å²) in [4.78, 5) is 19.0. The van der Waals surface area contributed by atoms with E-state index >= 15 is 0 Å². The number of pyridine rings is 1. The van der Waals surface area contributed by atoms with E-state index < -0.39 is 12.0 Å². The molecule has 22 heavy (non-hydrogen) atoms. The maximum atomic E-state index is 13.7. The standard InChI is InChI=1S/C15H18FN3O2S/c1-15(2,3)11(19-14(20)21)7-12-18-10(8-22-12)9-5-4-6-17-13(9)16/h4-6,8,11,19H,7H2,1-3H3,(H,20,21). The zero-order chi connectivity index (χ0) is 16.3. The second-order valence-corrected chi connectivity index (χ2v) is 6.98. The molecule has 0 aliphatic heterocycles. The van der Waals surface area contributed by atoms with Crippen LogP contribution in [0.2, 0.25) is 0 Å².